The molecule has 11 heteroatoms. The van der Waals surface area contributed by atoms with Crippen LogP contribution in [0.4, 0.5) is 17.2 Å². The van der Waals surface area contributed by atoms with E-state index in [-0.39, 0.29) is 11.3 Å². The summed E-state index contributed by atoms with van der Waals surface area (Å²) >= 11 is 0. The number of carbonyl (C=O) groups excluding carboxylic acids is 1. The van der Waals surface area contributed by atoms with Crippen LogP contribution in [0.15, 0.2) is 53.3 Å². The lowest BCUT2D eigenvalue weighted by molar-refractivity contribution is 0.0689. The Morgan fingerprint density at radius 2 is 1.91 bits per heavy atom. The highest BCUT2D eigenvalue weighted by molar-refractivity contribution is 6.03. The van der Waals surface area contributed by atoms with Gasteiger partial charge in [0.15, 0.2) is 17.2 Å². The largest absolute Gasteiger partial charge is 0.478 e. The molecule has 0 radical (unpaired) electrons. The van der Waals surface area contributed by atoms with Gasteiger partial charge in [-0.15, -0.1) is 0 Å². The third-order valence-corrected chi connectivity index (χ3v) is 5.48. The Balaban J connectivity index is 1.45. The van der Waals surface area contributed by atoms with Crippen LogP contribution in [0.25, 0.3) is 17.1 Å². The lowest BCUT2D eigenvalue weighted by atomic mass is 10.2. The summed E-state index contributed by atoms with van der Waals surface area (Å²) in [6.45, 7) is 3.88. The van der Waals surface area contributed by atoms with Crippen LogP contribution >= 0.6 is 0 Å². The number of primary amides is 1. The molecule has 0 spiro atoms. The summed E-state index contributed by atoms with van der Waals surface area (Å²) in [5, 5.41) is 16.0. The predicted octanol–water partition coefficient (Wildman–Crippen LogP) is 1.94. The number of hydrogen-bond acceptors (Lipinski definition) is 8. The van der Waals surface area contributed by atoms with Gasteiger partial charge in [-0.25, -0.2) is 14.8 Å². The number of aromatic carboxylic acids is 1. The lowest BCUT2D eigenvalue weighted by Crippen LogP contribution is -2.43. The fraction of sp³-hybridized carbons (Fsp3) is 0.182. The van der Waals surface area contributed by atoms with E-state index < -0.39 is 17.6 Å². The molecular formula is C22H21N7O4. The van der Waals surface area contributed by atoms with Crippen LogP contribution in [0.3, 0.4) is 0 Å². The van der Waals surface area contributed by atoms with Crippen molar-refractivity contribution < 1.29 is 19.1 Å². The molecule has 33 heavy (non-hydrogen) atoms. The van der Waals surface area contributed by atoms with Crippen molar-refractivity contribution in [2.24, 2.45) is 5.73 Å². The van der Waals surface area contributed by atoms with E-state index in [0.717, 1.165) is 37.6 Å². The third-order valence-electron chi connectivity index (χ3n) is 5.48. The molecule has 1 aliphatic rings. The summed E-state index contributed by atoms with van der Waals surface area (Å²) in [6, 6.07) is 9.34. The molecule has 0 unspecified atom stereocenters. The second-order valence-electron chi connectivity index (χ2n) is 7.54. The minimum absolute atomic E-state index is 0.142. The van der Waals surface area contributed by atoms with Gasteiger partial charge in [-0.1, -0.05) is 0 Å². The van der Waals surface area contributed by atoms with E-state index in [1.165, 1.54) is 12.3 Å². The molecule has 3 aromatic heterocycles. The molecule has 5 rings (SSSR count). The lowest BCUT2D eigenvalue weighted by Gasteiger charge is -2.29. The van der Waals surface area contributed by atoms with Crippen LogP contribution in [0, 0.1) is 0 Å². The van der Waals surface area contributed by atoms with Crippen molar-refractivity contribution in [3.05, 3.63) is 60.2 Å². The molecule has 1 aromatic carbocycles. The quantitative estimate of drug-likeness (QED) is 0.347. The highest BCUT2D eigenvalue weighted by Crippen LogP contribution is 2.29. The minimum Gasteiger partial charge on any atom is -0.478 e. The van der Waals surface area contributed by atoms with E-state index in [2.05, 4.69) is 37.6 Å². The number of aromatic nitrogens is 3. The van der Waals surface area contributed by atoms with Crippen molar-refractivity contribution in [2.45, 2.75) is 0 Å². The molecule has 11 nitrogen and oxygen atoms in total. The average molecular weight is 447 g/mol. The van der Waals surface area contributed by atoms with Gasteiger partial charge in [0.1, 0.15) is 11.3 Å². The highest BCUT2D eigenvalue weighted by atomic mass is 16.4. The second kappa shape index (κ2) is 8.28. The van der Waals surface area contributed by atoms with Crippen LogP contribution < -0.4 is 21.3 Å². The number of nitrogens with two attached hydrogens (primary N) is 1. The summed E-state index contributed by atoms with van der Waals surface area (Å²) in [5.74, 6) is -2.04. The predicted molar refractivity (Wildman–Crippen MR) is 121 cm³/mol. The van der Waals surface area contributed by atoms with E-state index in [1.807, 2.05) is 12.1 Å². The number of nitrogens with zero attached hydrogens (tertiary/aromatic N) is 4. The standard InChI is InChI=1S/C22H21N7O4/c23-19(30)18-15(22(31)32)11-17(33-18)16-12-26-20(21-25-7-10-29(16)21)27-13-1-3-14(4-2-13)28-8-5-24-6-9-28/h1-4,7,10-12,24H,5-6,8-9H2,(H2,23,30)(H,26,27)(H,31,32). The Kier molecular flexibility index (Phi) is 5.15. The number of benzene rings is 1. The topological polar surface area (TPSA) is 151 Å². The van der Waals surface area contributed by atoms with Gasteiger partial charge in [-0.2, -0.15) is 0 Å². The first kappa shape index (κ1) is 20.5. The Morgan fingerprint density at radius 1 is 1.15 bits per heavy atom. The fourth-order valence-corrected chi connectivity index (χ4v) is 3.86. The second-order valence-corrected chi connectivity index (χ2v) is 7.54. The molecule has 4 aromatic rings. The SMILES string of the molecule is NC(=O)c1oc(-c2cnc(Nc3ccc(N4CCNCC4)cc3)c3nccn23)cc1C(=O)O. The van der Waals surface area contributed by atoms with E-state index in [4.69, 9.17) is 10.2 Å². The average Bonchev–Trinajstić information content (AvgIpc) is 3.49. The van der Waals surface area contributed by atoms with Crippen molar-refractivity contribution >= 4 is 34.7 Å². The number of rotatable bonds is 6. The van der Waals surface area contributed by atoms with Gasteiger partial charge in [-0.3, -0.25) is 9.20 Å². The molecule has 5 N–H and O–H groups in total. The smallest absolute Gasteiger partial charge is 0.339 e. The summed E-state index contributed by atoms with van der Waals surface area (Å²) in [7, 11) is 0. The normalized spacial score (nSPS) is 13.9. The van der Waals surface area contributed by atoms with E-state index >= 15 is 0 Å². The maximum atomic E-state index is 11.6. The molecular weight excluding hydrogens is 426 g/mol. The molecule has 4 heterocycles. The van der Waals surface area contributed by atoms with Crippen molar-refractivity contribution in [2.75, 3.05) is 36.4 Å². The van der Waals surface area contributed by atoms with E-state index in [0.29, 0.717) is 17.2 Å². The van der Waals surface area contributed by atoms with Crippen LogP contribution in [-0.2, 0) is 0 Å². The third kappa shape index (κ3) is 3.85. The zero-order chi connectivity index (χ0) is 22.9. The van der Waals surface area contributed by atoms with E-state index in [1.54, 1.807) is 16.8 Å². The summed E-state index contributed by atoms with van der Waals surface area (Å²) in [6.07, 6.45) is 4.80. The molecule has 0 atom stereocenters. The molecule has 0 bridgehead atoms. The number of imidazole rings is 1. The number of fused-ring (bicyclic) bond motifs is 1. The first-order valence-electron chi connectivity index (χ1n) is 10.3. The number of carboxylic acid groups (broad SMARTS) is 1. The first-order valence-corrected chi connectivity index (χ1v) is 10.3. The van der Waals surface area contributed by atoms with Crippen molar-refractivity contribution in [1.29, 1.82) is 0 Å². The van der Waals surface area contributed by atoms with Gasteiger partial charge in [0.2, 0.25) is 5.76 Å². The van der Waals surface area contributed by atoms with Gasteiger partial charge in [0.25, 0.3) is 5.91 Å². The van der Waals surface area contributed by atoms with Gasteiger partial charge >= 0.3 is 5.97 Å². The van der Waals surface area contributed by atoms with Gasteiger partial charge in [0.05, 0.1) is 6.20 Å². The van der Waals surface area contributed by atoms with Crippen LogP contribution in [0.2, 0.25) is 0 Å². The number of furan rings is 1. The van der Waals surface area contributed by atoms with Gasteiger partial charge in [-0.05, 0) is 24.3 Å². The Hall–Kier alpha value is -4.38. The number of hydrogen-bond donors (Lipinski definition) is 4. The minimum atomic E-state index is -1.31. The molecule has 168 valence electrons. The zero-order valence-electron chi connectivity index (χ0n) is 17.5. The Morgan fingerprint density at radius 3 is 2.58 bits per heavy atom. The maximum Gasteiger partial charge on any atom is 0.339 e. The van der Waals surface area contributed by atoms with Crippen LogP contribution in [0.1, 0.15) is 20.9 Å². The first-order chi connectivity index (χ1) is 16.0. The number of amides is 1. The van der Waals surface area contributed by atoms with Crippen LogP contribution in [-0.4, -0.2) is 57.5 Å². The van der Waals surface area contributed by atoms with E-state index in [9.17, 15) is 14.7 Å². The number of anilines is 3. The summed E-state index contributed by atoms with van der Waals surface area (Å²) in [4.78, 5) is 34.2. The molecule has 1 fully saturated rings. The molecule has 1 saturated heterocycles. The van der Waals surface area contributed by atoms with Gasteiger partial charge < -0.3 is 30.8 Å². The molecule has 1 amide bonds. The molecule has 0 aliphatic carbocycles. The highest BCUT2D eigenvalue weighted by Gasteiger charge is 2.23. The zero-order valence-corrected chi connectivity index (χ0v) is 17.5. The Bertz CT molecular complexity index is 1310. The number of carboxylic acids is 1. The number of piperazine rings is 1. The number of nitrogens with one attached hydrogen (secondary N) is 2. The fourth-order valence-electron chi connectivity index (χ4n) is 3.86. The van der Waals surface area contributed by atoms with Gasteiger partial charge in [0, 0.05) is 56.0 Å². The number of carbonyl (C=O) groups is 2. The molecule has 0 saturated carbocycles. The monoisotopic (exact) mass is 447 g/mol. The van der Waals surface area contributed by atoms with Crippen LogP contribution in [0.5, 0.6) is 0 Å². The molecule has 1 aliphatic heterocycles. The summed E-state index contributed by atoms with van der Waals surface area (Å²) in [5.41, 5.74) is 7.89. The van der Waals surface area contributed by atoms with Crippen molar-refractivity contribution in [3.63, 3.8) is 0 Å². The van der Waals surface area contributed by atoms with Crippen molar-refractivity contribution in [1.82, 2.24) is 19.7 Å². The summed E-state index contributed by atoms with van der Waals surface area (Å²) < 4.78 is 7.15. The maximum absolute atomic E-state index is 11.6. The van der Waals surface area contributed by atoms with Crippen molar-refractivity contribution in [3.8, 4) is 11.5 Å². The Labute approximate surface area is 187 Å².